The zero-order chi connectivity index (χ0) is 22.0. The molecule has 0 saturated carbocycles. The van der Waals surface area contributed by atoms with E-state index in [2.05, 4.69) is 10.0 Å². The van der Waals surface area contributed by atoms with Gasteiger partial charge in [-0.2, -0.15) is 0 Å². The van der Waals surface area contributed by atoms with Crippen molar-refractivity contribution in [1.29, 1.82) is 0 Å². The second kappa shape index (κ2) is 8.68. The van der Waals surface area contributed by atoms with E-state index in [1.165, 1.54) is 12.1 Å². The van der Waals surface area contributed by atoms with Gasteiger partial charge in [0.05, 0.1) is 10.6 Å². The Morgan fingerprint density at radius 3 is 2.55 bits per heavy atom. The maximum absolute atomic E-state index is 12.8. The average Bonchev–Trinajstić information content (AvgIpc) is 3.43. The molecule has 8 nitrogen and oxygen atoms in total. The lowest BCUT2D eigenvalue weighted by Crippen LogP contribution is -2.37. The molecule has 9 heteroatoms. The first-order chi connectivity index (χ1) is 14.9. The number of ether oxygens (including phenoxy) is 1. The number of carbonyl (C=O) groups is 2. The summed E-state index contributed by atoms with van der Waals surface area (Å²) in [5, 5.41) is 2.68. The summed E-state index contributed by atoms with van der Waals surface area (Å²) in [7, 11) is -3.83. The van der Waals surface area contributed by atoms with Gasteiger partial charge in [0.15, 0.2) is 0 Å². The molecule has 2 aliphatic heterocycles. The summed E-state index contributed by atoms with van der Waals surface area (Å²) in [6, 6.07) is 11.2. The summed E-state index contributed by atoms with van der Waals surface area (Å²) >= 11 is 0. The molecule has 4 rings (SSSR count). The lowest BCUT2D eigenvalue weighted by Gasteiger charge is -2.21. The van der Waals surface area contributed by atoms with E-state index in [4.69, 9.17) is 4.74 Å². The van der Waals surface area contributed by atoms with Gasteiger partial charge < -0.3 is 15.0 Å². The normalized spacial score (nSPS) is 18.0. The SMILES string of the molecule is CCC(=O)Nc1ccc(S(=O)(=O)Nc2ccc3c(c2)N(C(=O)C2CCCO2)CC3)cc1. The Morgan fingerprint density at radius 1 is 1.13 bits per heavy atom. The molecule has 0 aromatic heterocycles. The summed E-state index contributed by atoms with van der Waals surface area (Å²) in [5.74, 6) is -0.213. The molecule has 2 aromatic carbocycles. The number of benzene rings is 2. The van der Waals surface area contributed by atoms with Gasteiger partial charge in [0.1, 0.15) is 6.10 Å². The fourth-order valence-corrected chi connectivity index (χ4v) is 4.85. The predicted molar refractivity (Wildman–Crippen MR) is 118 cm³/mol. The first-order valence-electron chi connectivity index (χ1n) is 10.4. The van der Waals surface area contributed by atoms with E-state index in [1.54, 1.807) is 36.1 Å². The highest BCUT2D eigenvalue weighted by molar-refractivity contribution is 7.92. The monoisotopic (exact) mass is 443 g/mol. The van der Waals surface area contributed by atoms with Crippen LogP contribution in [0, 0.1) is 0 Å². The van der Waals surface area contributed by atoms with Crippen LogP contribution in [0.4, 0.5) is 17.1 Å². The van der Waals surface area contributed by atoms with Gasteiger partial charge in [-0.1, -0.05) is 13.0 Å². The van der Waals surface area contributed by atoms with Crippen LogP contribution >= 0.6 is 0 Å². The second-order valence-corrected chi connectivity index (χ2v) is 9.30. The van der Waals surface area contributed by atoms with Gasteiger partial charge in [-0.05, 0) is 61.2 Å². The van der Waals surface area contributed by atoms with Crippen molar-refractivity contribution in [3.8, 4) is 0 Å². The van der Waals surface area contributed by atoms with Crippen molar-refractivity contribution in [1.82, 2.24) is 0 Å². The van der Waals surface area contributed by atoms with Crippen LogP contribution in [0.5, 0.6) is 0 Å². The zero-order valence-electron chi connectivity index (χ0n) is 17.3. The van der Waals surface area contributed by atoms with Gasteiger partial charge in [0.2, 0.25) is 5.91 Å². The molecule has 0 spiro atoms. The van der Waals surface area contributed by atoms with Gasteiger partial charge in [0, 0.05) is 30.9 Å². The lowest BCUT2D eigenvalue weighted by molar-refractivity contribution is -0.127. The van der Waals surface area contributed by atoms with Gasteiger partial charge in [-0.3, -0.25) is 14.3 Å². The van der Waals surface area contributed by atoms with E-state index in [-0.39, 0.29) is 16.7 Å². The summed E-state index contributed by atoms with van der Waals surface area (Å²) in [6.07, 6.45) is 2.24. The summed E-state index contributed by atoms with van der Waals surface area (Å²) in [5.41, 5.74) is 2.64. The maximum Gasteiger partial charge on any atom is 0.261 e. The number of nitrogens with one attached hydrogen (secondary N) is 2. The molecule has 0 aliphatic carbocycles. The van der Waals surface area contributed by atoms with Crippen molar-refractivity contribution in [2.45, 2.75) is 43.6 Å². The highest BCUT2D eigenvalue weighted by Gasteiger charge is 2.33. The molecule has 2 N–H and O–H groups in total. The minimum atomic E-state index is -3.83. The Balaban J connectivity index is 1.51. The van der Waals surface area contributed by atoms with Crippen LogP contribution in [0.3, 0.4) is 0 Å². The van der Waals surface area contributed by atoms with Crippen molar-refractivity contribution in [2.75, 3.05) is 28.1 Å². The standard InChI is InChI=1S/C22H25N3O5S/c1-2-21(26)23-16-7-9-18(10-8-16)31(28,29)24-17-6-5-15-11-12-25(19(15)14-17)22(27)20-4-3-13-30-20/h5-10,14,20,24H,2-4,11-13H2,1H3,(H,23,26). The predicted octanol–water partition coefficient (Wildman–Crippen LogP) is 2.90. The number of rotatable bonds is 6. The van der Waals surface area contributed by atoms with Crippen LogP contribution in [0.25, 0.3) is 0 Å². The highest BCUT2D eigenvalue weighted by Crippen LogP contribution is 2.33. The number of sulfonamides is 1. The smallest absolute Gasteiger partial charge is 0.261 e. The van der Waals surface area contributed by atoms with Crippen LogP contribution in [-0.2, 0) is 30.8 Å². The molecule has 2 aliphatic rings. The molecule has 164 valence electrons. The summed E-state index contributed by atoms with van der Waals surface area (Å²) in [4.78, 5) is 26.0. The Labute approximate surface area is 181 Å². The number of carbonyl (C=O) groups excluding carboxylic acids is 2. The number of amides is 2. The Morgan fingerprint density at radius 2 is 1.87 bits per heavy atom. The summed E-state index contributed by atoms with van der Waals surface area (Å²) in [6.45, 7) is 2.90. The molecule has 1 fully saturated rings. The van der Waals surface area contributed by atoms with E-state index in [1.807, 2.05) is 6.07 Å². The molecule has 2 aromatic rings. The van der Waals surface area contributed by atoms with Gasteiger partial charge in [0.25, 0.3) is 15.9 Å². The molecule has 1 atom stereocenters. The number of hydrogen-bond donors (Lipinski definition) is 2. The van der Waals surface area contributed by atoms with E-state index < -0.39 is 16.1 Å². The molecule has 1 unspecified atom stereocenters. The zero-order valence-corrected chi connectivity index (χ0v) is 18.1. The van der Waals surface area contributed by atoms with Crippen LogP contribution in [-0.4, -0.2) is 39.5 Å². The molecule has 0 bridgehead atoms. The quantitative estimate of drug-likeness (QED) is 0.714. The van der Waals surface area contributed by atoms with Crippen LogP contribution in [0.2, 0.25) is 0 Å². The van der Waals surface area contributed by atoms with Gasteiger partial charge >= 0.3 is 0 Å². The van der Waals surface area contributed by atoms with Crippen molar-refractivity contribution in [2.24, 2.45) is 0 Å². The molecular formula is C22H25N3O5S. The van der Waals surface area contributed by atoms with Crippen LogP contribution < -0.4 is 14.9 Å². The molecule has 2 heterocycles. The minimum absolute atomic E-state index is 0.0685. The average molecular weight is 444 g/mol. The van der Waals surface area contributed by atoms with E-state index in [0.29, 0.717) is 37.4 Å². The van der Waals surface area contributed by atoms with E-state index in [0.717, 1.165) is 24.1 Å². The van der Waals surface area contributed by atoms with E-state index in [9.17, 15) is 18.0 Å². The minimum Gasteiger partial charge on any atom is -0.368 e. The molecule has 2 amide bonds. The highest BCUT2D eigenvalue weighted by atomic mass is 32.2. The van der Waals surface area contributed by atoms with Crippen molar-refractivity contribution in [3.63, 3.8) is 0 Å². The third-order valence-electron chi connectivity index (χ3n) is 5.47. The maximum atomic E-state index is 12.8. The molecular weight excluding hydrogens is 418 g/mol. The van der Waals surface area contributed by atoms with Crippen LogP contribution in [0.1, 0.15) is 31.7 Å². The van der Waals surface area contributed by atoms with Gasteiger partial charge in [-0.25, -0.2) is 8.42 Å². The van der Waals surface area contributed by atoms with Crippen molar-refractivity contribution in [3.05, 3.63) is 48.0 Å². The number of fused-ring (bicyclic) bond motifs is 1. The van der Waals surface area contributed by atoms with Crippen molar-refractivity contribution >= 4 is 38.9 Å². The summed E-state index contributed by atoms with van der Waals surface area (Å²) < 4.78 is 33.7. The van der Waals surface area contributed by atoms with Crippen LogP contribution in [0.15, 0.2) is 47.4 Å². The third-order valence-corrected chi connectivity index (χ3v) is 6.87. The topological polar surface area (TPSA) is 105 Å². The van der Waals surface area contributed by atoms with E-state index >= 15 is 0 Å². The number of anilines is 3. The Hall–Kier alpha value is -2.91. The Bertz CT molecular complexity index is 1090. The second-order valence-electron chi connectivity index (χ2n) is 7.62. The largest absolute Gasteiger partial charge is 0.368 e. The molecule has 1 saturated heterocycles. The molecule has 31 heavy (non-hydrogen) atoms. The number of nitrogens with zero attached hydrogens (tertiary/aromatic N) is 1. The third kappa shape index (κ3) is 4.57. The first kappa shape index (κ1) is 21.3. The first-order valence-corrected chi connectivity index (χ1v) is 11.8. The Kier molecular flexibility index (Phi) is 5.97. The number of hydrogen-bond acceptors (Lipinski definition) is 5. The molecule has 0 radical (unpaired) electrons. The van der Waals surface area contributed by atoms with Crippen molar-refractivity contribution < 1.29 is 22.7 Å². The fraction of sp³-hybridized carbons (Fsp3) is 0.364. The lowest BCUT2D eigenvalue weighted by atomic mass is 10.1. The van der Waals surface area contributed by atoms with Gasteiger partial charge in [-0.15, -0.1) is 0 Å². The fourth-order valence-electron chi connectivity index (χ4n) is 3.80.